The minimum absolute atomic E-state index is 0.0672. The van der Waals surface area contributed by atoms with E-state index in [0.717, 1.165) is 6.07 Å². The Hall–Kier alpha value is -3.87. The molecule has 0 fully saturated rings. The van der Waals surface area contributed by atoms with E-state index in [1.54, 1.807) is 0 Å². The highest BCUT2D eigenvalue weighted by atomic mass is 19.1. The van der Waals surface area contributed by atoms with E-state index < -0.39 is 17.2 Å². The summed E-state index contributed by atoms with van der Waals surface area (Å²) in [5.74, 6) is 2.57. The molecule has 162 valence electrons. The third-order valence-electron chi connectivity index (χ3n) is 4.42. The van der Waals surface area contributed by atoms with Crippen molar-refractivity contribution in [3.8, 4) is 23.3 Å². The van der Waals surface area contributed by atoms with Crippen LogP contribution in [0.2, 0.25) is 0 Å². The van der Waals surface area contributed by atoms with Crippen molar-refractivity contribution in [3.05, 3.63) is 40.7 Å². The summed E-state index contributed by atoms with van der Waals surface area (Å²) in [5, 5.41) is 9.82. The lowest BCUT2D eigenvalue weighted by molar-refractivity contribution is 0.0950. The van der Waals surface area contributed by atoms with E-state index in [0.29, 0.717) is 12.1 Å². The number of nitrogens with two attached hydrogens (primary N) is 1. The number of carbonyl (C=O) groups is 1. The monoisotopic (exact) mass is 429 g/mol. The number of nitrogen functional groups attached to an aromatic ring is 1. The van der Waals surface area contributed by atoms with Gasteiger partial charge in [-0.25, -0.2) is 13.8 Å². The molecule has 8 nitrogen and oxygen atoms in total. The summed E-state index contributed by atoms with van der Waals surface area (Å²) in [4.78, 5) is 16.5. The van der Waals surface area contributed by atoms with Gasteiger partial charge in [0.2, 0.25) is 0 Å². The lowest BCUT2D eigenvalue weighted by atomic mass is 10.1. The number of carbonyl (C=O) groups excluding carboxylic acids is 1. The highest BCUT2D eigenvalue weighted by Gasteiger charge is 2.20. The smallest absolute Gasteiger partial charge is 0.255 e. The first-order valence-corrected chi connectivity index (χ1v) is 9.31. The van der Waals surface area contributed by atoms with Gasteiger partial charge >= 0.3 is 0 Å². The molecule has 0 bridgehead atoms. The Balaban J connectivity index is 2.09. The van der Waals surface area contributed by atoms with Crippen molar-refractivity contribution in [2.75, 3.05) is 26.5 Å². The number of benzene rings is 1. The number of anilines is 1. The summed E-state index contributed by atoms with van der Waals surface area (Å²) in [5.41, 5.74) is 6.03. The molecule has 1 amide bonds. The Kier molecular flexibility index (Phi) is 6.25. The Morgan fingerprint density at radius 3 is 2.45 bits per heavy atom. The zero-order valence-electron chi connectivity index (χ0n) is 17.4. The number of nitrogens with one attached hydrogen (secondary N) is 2. The number of halogens is 2. The average molecular weight is 429 g/mol. The molecule has 2 aromatic heterocycles. The van der Waals surface area contributed by atoms with Gasteiger partial charge in [0.1, 0.15) is 17.1 Å². The van der Waals surface area contributed by atoms with Crippen molar-refractivity contribution in [2.24, 2.45) is 5.92 Å². The summed E-state index contributed by atoms with van der Waals surface area (Å²) in [7, 11) is 2.48. The fourth-order valence-electron chi connectivity index (χ4n) is 2.82. The number of rotatable bonds is 5. The molecule has 0 aliphatic heterocycles. The number of hydrogen-bond acceptors (Lipinski definition) is 6. The number of ether oxygens (including phenoxy) is 2. The van der Waals surface area contributed by atoms with Crippen LogP contribution in [0, 0.1) is 29.4 Å². The lowest BCUT2D eigenvalue weighted by Gasteiger charge is -2.09. The Morgan fingerprint density at radius 1 is 1.23 bits per heavy atom. The van der Waals surface area contributed by atoms with E-state index >= 15 is 0 Å². The van der Waals surface area contributed by atoms with Crippen LogP contribution in [0.15, 0.2) is 12.3 Å². The summed E-state index contributed by atoms with van der Waals surface area (Å²) < 4.78 is 38.9. The van der Waals surface area contributed by atoms with Gasteiger partial charge in [0.05, 0.1) is 30.7 Å². The van der Waals surface area contributed by atoms with Gasteiger partial charge in [0.15, 0.2) is 23.1 Å². The molecule has 0 radical (unpaired) electrons. The first-order chi connectivity index (χ1) is 14.8. The fraction of sp³-hybridized carbons (Fsp3) is 0.286. The van der Waals surface area contributed by atoms with Crippen LogP contribution in [0.25, 0.3) is 10.9 Å². The molecule has 0 saturated carbocycles. The molecule has 0 unspecified atom stereocenters. The van der Waals surface area contributed by atoms with Crippen molar-refractivity contribution < 1.29 is 23.0 Å². The Morgan fingerprint density at radius 2 is 1.87 bits per heavy atom. The summed E-state index contributed by atoms with van der Waals surface area (Å²) in [6, 6.07) is 1.09. The molecule has 3 aromatic rings. The standard InChI is InChI=1S/C21H21F2N5O3/c1-10(2)8-26-21(29)12-9-25-20(24)16-13(27-28-19(12)16)6-5-11-17(22)14(30-3)7-15(31-4)18(11)23/h7,9-10H,8H2,1-4H3,(H2,24,25)(H,26,29)(H,27,28). The normalized spacial score (nSPS) is 10.7. The van der Waals surface area contributed by atoms with Crippen LogP contribution in [0.4, 0.5) is 14.6 Å². The molecule has 0 spiro atoms. The zero-order chi connectivity index (χ0) is 22.7. The molecule has 3 rings (SSSR count). The number of nitrogens with zero attached hydrogens (tertiary/aromatic N) is 2. The van der Waals surface area contributed by atoms with Crippen LogP contribution < -0.4 is 20.5 Å². The molecule has 0 aliphatic carbocycles. The van der Waals surface area contributed by atoms with Crippen molar-refractivity contribution in [3.63, 3.8) is 0 Å². The Labute approximate surface area is 177 Å². The van der Waals surface area contributed by atoms with Crippen molar-refractivity contribution in [1.29, 1.82) is 0 Å². The molecular weight excluding hydrogens is 408 g/mol. The van der Waals surface area contributed by atoms with Crippen molar-refractivity contribution in [2.45, 2.75) is 13.8 Å². The van der Waals surface area contributed by atoms with Gasteiger partial charge in [-0.15, -0.1) is 0 Å². The maximum Gasteiger partial charge on any atom is 0.255 e. The fourth-order valence-corrected chi connectivity index (χ4v) is 2.82. The maximum atomic E-state index is 14.6. The van der Waals surface area contributed by atoms with Crippen LogP contribution in [0.1, 0.15) is 35.5 Å². The topological polar surface area (TPSA) is 115 Å². The van der Waals surface area contributed by atoms with Crippen LogP contribution in [0.3, 0.4) is 0 Å². The van der Waals surface area contributed by atoms with Crippen molar-refractivity contribution >= 4 is 22.6 Å². The summed E-state index contributed by atoms with van der Waals surface area (Å²) in [6.07, 6.45) is 1.33. The third kappa shape index (κ3) is 4.21. The van der Waals surface area contributed by atoms with Gasteiger partial charge in [0.25, 0.3) is 5.91 Å². The van der Waals surface area contributed by atoms with E-state index in [1.165, 1.54) is 20.4 Å². The van der Waals surface area contributed by atoms with Gasteiger partial charge in [-0.05, 0) is 11.8 Å². The van der Waals surface area contributed by atoms with E-state index in [9.17, 15) is 13.6 Å². The SMILES string of the molecule is COc1cc(OC)c(F)c(C#Cc2n[nH]c3c(C(=O)NCC(C)C)cnc(N)c23)c1F. The number of aromatic amines is 1. The highest BCUT2D eigenvalue weighted by molar-refractivity contribution is 6.08. The Bertz CT molecular complexity index is 1180. The van der Waals surface area contributed by atoms with Gasteiger partial charge in [-0.2, -0.15) is 5.10 Å². The van der Waals surface area contributed by atoms with E-state index in [-0.39, 0.29) is 45.8 Å². The number of H-pyrrole nitrogens is 1. The van der Waals surface area contributed by atoms with Gasteiger partial charge < -0.3 is 20.5 Å². The molecule has 2 heterocycles. The first-order valence-electron chi connectivity index (χ1n) is 9.31. The number of pyridine rings is 1. The van der Waals surface area contributed by atoms with Crippen LogP contribution >= 0.6 is 0 Å². The molecule has 0 saturated heterocycles. The number of hydrogen-bond donors (Lipinski definition) is 3. The quantitative estimate of drug-likeness (QED) is 0.537. The van der Waals surface area contributed by atoms with Gasteiger partial charge in [0, 0.05) is 18.8 Å². The van der Waals surface area contributed by atoms with E-state index in [4.69, 9.17) is 15.2 Å². The van der Waals surface area contributed by atoms with Crippen LogP contribution in [0.5, 0.6) is 11.5 Å². The second kappa shape index (κ2) is 8.87. The summed E-state index contributed by atoms with van der Waals surface area (Å²) in [6.45, 7) is 4.40. The molecule has 10 heteroatoms. The largest absolute Gasteiger partial charge is 0.493 e. The van der Waals surface area contributed by atoms with Crippen molar-refractivity contribution in [1.82, 2.24) is 20.5 Å². The minimum Gasteiger partial charge on any atom is -0.493 e. The number of methoxy groups -OCH3 is 2. The van der Waals surface area contributed by atoms with E-state index in [1.807, 2.05) is 13.8 Å². The predicted molar refractivity (Wildman–Crippen MR) is 111 cm³/mol. The molecule has 1 aromatic carbocycles. The predicted octanol–water partition coefficient (Wildman–Crippen LogP) is 2.62. The van der Waals surface area contributed by atoms with Crippen LogP contribution in [-0.4, -0.2) is 41.9 Å². The zero-order valence-corrected chi connectivity index (χ0v) is 17.4. The highest BCUT2D eigenvalue weighted by Crippen LogP contribution is 2.31. The molecule has 31 heavy (non-hydrogen) atoms. The molecule has 0 atom stereocenters. The third-order valence-corrected chi connectivity index (χ3v) is 4.42. The second-order valence-corrected chi connectivity index (χ2v) is 7.02. The summed E-state index contributed by atoms with van der Waals surface area (Å²) >= 11 is 0. The van der Waals surface area contributed by atoms with E-state index in [2.05, 4.69) is 32.3 Å². The maximum absolute atomic E-state index is 14.6. The molecule has 4 N–H and O–H groups in total. The number of aromatic nitrogens is 3. The molecule has 0 aliphatic rings. The minimum atomic E-state index is -0.979. The van der Waals surface area contributed by atoms with Gasteiger partial charge in [-0.3, -0.25) is 9.89 Å². The number of amides is 1. The lowest BCUT2D eigenvalue weighted by Crippen LogP contribution is -2.27. The molecular formula is C21H21F2N5O3. The van der Waals surface area contributed by atoms with Crippen LogP contribution in [-0.2, 0) is 0 Å². The average Bonchev–Trinajstić information content (AvgIpc) is 3.17. The second-order valence-electron chi connectivity index (χ2n) is 7.02. The number of fused-ring (bicyclic) bond motifs is 1. The van der Waals surface area contributed by atoms with Gasteiger partial charge in [-0.1, -0.05) is 19.8 Å². The first kappa shape index (κ1) is 21.8.